The quantitative estimate of drug-likeness (QED) is 0.582. The number of aryl methyl sites for hydroxylation is 1. The number of methoxy groups -OCH3 is 1. The Hall–Kier alpha value is -2.88. The molecule has 0 aliphatic heterocycles. The first-order valence-electron chi connectivity index (χ1n) is 8.29. The number of benzene rings is 1. The number of aromatic nitrogens is 5. The summed E-state index contributed by atoms with van der Waals surface area (Å²) in [6, 6.07) is 7.40. The van der Waals surface area contributed by atoms with Crippen LogP contribution in [0, 0.1) is 0 Å². The number of nitrogens with two attached hydrogens (primary N) is 1. The van der Waals surface area contributed by atoms with Gasteiger partial charge in [-0.15, -0.1) is 20.4 Å². The maximum absolute atomic E-state index is 10.9. The van der Waals surface area contributed by atoms with Crippen LogP contribution in [0.15, 0.2) is 33.8 Å². The molecule has 0 saturated carbocycles. The second-order valence-electron chi connectivity index (χ2n) is 5.86. The Morgan fingerprint density at radius 1 is 1.26 bits per heavy atom. The molecular weight excluding hydrogens is 368 g/mol. The molecular formula is C17H20N6O3S. The van der Waals surface area contributed by atoms with E-state index in [2.05, 4.69) is 20.4 Å². The van der Waals surface area contributed by atoms with Crippen LogP contribution in [0.2, 0.25) is 0 Å². The molecule has 0 aliphatic rings. The van der Waals surface area contributed by atoms with Gasteiger partial charge in [-0.05, 0) is 31.2 Å². The molecule has 2 heterocycles. The Morgan fingerprint density at radius 2 is 2.00 bits per heavy atom. The number of amides is 1. The molecule has 0 aliphatic carbocycles. The van der Waals surface area contributed by atoms with Crippen LogP contribution in [0.5, 0.6) is 5.75 Å². The zero-order chi connectivity index (χ0) is 19.4. The SMILES string of the molecule is COc1ccc(-c2nnc([C@H](C)Sc3nnc(CCC(N)=O)n3C)o2)cc1. The van der Waals surface area contributed by atoms with E-state index in [4.69, 9.17) is 14.9 Å². The van der Waals surface area contributed by atoms with E-state index in [0.717, 1.165) is 11.3 Å². The summed E-state index contributed by atoms with van der Waals surface area (Å²) in [7, 11) is 3.46. The van der Waals surface area contributed by atoms with Crippen LogP contribution in [-0.4, -0.2) is 38.0 Å². The molecule has 0 saturated heterocycles. The van der Waals surface area contributed by atoms with Gasteiger partial charge in [-0.25, -0.2) is 0 Å². The molecule has 9 nitrogen and oxygen atoms in total. The average molecular weight is 388 g/mol. The predicted molar refractivity (Wildman–Crippen MR) is 99.1 cm³/mol. The lowest BCUT2D eigenvalue weighted by Crippen LogP contribution is -2.12. The molecule has 3 rings (SSSR count). The fourth-order valence-electron chi connectivity index (χ4n) is 2.36. The third-order valence-electron chi connectivity index (χ3n) is 3.93. The van der Waals surface area contributed by atoms with Gasteiger partial charge in [-0.1, -0.05) is 11.8 Å². The minimum atomic E-state index is -0.363. The van der Waals surface area contributed by atoms with Crippen molar-refractivity contribution in [3.05, 3.63) is 36.0 Å². The Bertz CT molecular complexity index is 921. The molecule has 0 radical (unpaired) electrons. The zero-order valence-electron chi connectivity index (χ0n) is 15.2. The summed E-state index contributed by atoms with van der Waals surface area (Å²) < 4.78 is 12.8. The van der Waals surface area contributed by atoms with Crippen LogP contribution >= 0.6 is 11.8 Å². The van der Waals surface area contributed by atoms with Gasteiger partial charge in [-0.2, -0.15) is 0 Å². The lowest BCUT2D eigenvalue weighted by atomic mass is 10.2. The maximum Gasteiger partial charge on any atom is 0.247 e. The molecule has 1 aromatic carbocycles. The highest BCUT2D eigenvalue weighted by Crippen LogP contribution is 2.34. The van der Waals surface area contributed by atoms with Crippen molar-refractivity contribution in [2.75, 3.05) is 7.11 Å². The van der Waals surface area contributed by atoms with Crippen LogP contribution in [0.3, 0.4) is 0 Å². The van der Waals surface area contributed by atoms with Crippen molar-refractivity contribution in [2.24, 2.45) is 12.8 Å². The highest BCUT2D eigenvalue weighted by atomic mass is 32.2. The van der Waals surface area contributed by atoms with E-state index in [1.807, 2.05) is 42.8 Å². The molecule has 142 valence electrons. The van der Waals surface area contributed by atoms with Crippen LogP contribution in [0.4, 0.5) is 0 Å². The van der Waals surface area contributed by atoms with E-state index in [1.165, 1.54) is 11.8 Å². The van der Waals surface area contributed by atoms with Gasteiger partial charge in [-0.3, -0.25) is 4.79 Å². The number of hydrogen-bond donors (Lipinski definition) is 1. The Balaban J connectivity index is 1.69. The van der Waals surface area contributed by atoms with Crippen molar-refractivity contribution in [1.29, 1.82) is 0 Å². The second-order valence-corrected chi connectivity index (χ2v) is 7.17. The average Bonchev–Trinajstić information content (AvgIpc) is 3.28. The highest BCUT2D eigenvalue weighted by molar-refractivity contribution is 7.99. The molecule has 0 fully saturated rings. The van der Waals surface area contributed by atoms with Crippen LogP contribution in [-0.2, 0) is 18.3 Å². The van der Waals surface area contributed by atoms with E-state index >= 15 is 0 Å². The van der Waals surface area contributed by atoms with E-state index in [9.17, 15) is 4.79 Å². The summed E-state index contributed by atoms with van der Waals surface area (Å²) in [6.07, 6.45) is 0.691. The Morgan fingerprint density at radius 3 is 2.67 bits per heavy atom. The number of carbonyl (C=O) groups is 1. The van der Waals surface area contributed by atoms with Gasteiger partial charge in [0.1, 0.15) is 11.6 Å². The second kappa shape index (κ2) is 8.21. The highest BCUT2D eigenvalue weighted by Gasteiger charge is 2.20. The monoisotopic (exact) mass is 388 g/mol. The van der Waals surface area contributed by atoms with Gasteiger partial charge < -0.3 is 19.5 Å². The van der Waals surface area contributed by atoms with Gasteiger partial charge in [0.05, 0.1) is 12.4 Å². The molecule has 27 heavy (non-hydrogen) atoms. The molecule has 2 aromatic heterocycles. The van der Waals surface area contributed by atoms with E-state index in [0.29, 0.717) is 29.2 Å². The van der Waals surface area contributed by atoms with Gasteiger partial charge in [0.25, 0.3) is 0 Å². The van der Waals surface area contributed by atoms with Crippen molar-refractivity contribution in [2.45, 2.75) is 30.2 Å². The minimum absolute atomic E-state index is 0.114. The minimum Gasteiger partial charge on any atom is -0.497 e. The fraction of sp³-hybridized carbons (Fsp3) is 0.353. The fourth-order valence-corrected chi connectivity index (χ4v) is 3.22. The van der Waals surface area contributed by atoms with Crippen LogP contribution < -0.4 is 10.5 Å². The van der Waals surface area contributed by atoms with Gasteiger partial charge in [0.15, 0.2) is 5.16 Å². The smallest absolute Gasteiger partial charge is 0.247 e. The summed E-state index contributed by atoms with van der Waals surface area (Å²) in [6.45, 7) is 1.95. The number of nitrogens with zero attached hydrogens (tertiary/aromatic N) is 5. The summed E-state index contributed by atoms with van der Waals surface area (Å²) in [5.41, 5.74) is 6.00. The van der Waals surface area contributed by atoms with E-state index < -0.39 is 0 Å². The number of primary amides is 1. The van der Waals surface area contributed by atoms with Crippen molar-refractivity contribution in [3.63, 3.8) is 0 Å². The first kappa shape index (κ1) is 18.9. The molecule has 0 spiro atoms. The third-order valence-corrected chi connectivity index (χ3v) is 5.05. The summed E-state index contributed by atoms with van der Waals surface area (Å²) in [4.78, 5) is 10.9. The zero-order valence-corrected chi connectivity index (χ0v) is 16.1. The molecule has 10 heteroatoms. The van der Waals surface area contributed by atoms with Gasteiger partial charge in [0.2, 0.25) is 17.7 Å². The Kier molecular flexibility index (Phi) is 5.75. The lowest BCUT2D eigenvalue weighted by Gasteiger charge is -2.06. The van der Waals surface area contributed by atoms with Crippen molar-refractivity contribution in [3.8, 4) is 17.2 Å². The number of ether oxygens (including phenoxy) is 1. The summed E-state index contributed by atoms with van der Waals surface area (Å²) in [5.74, 6) is 2.04. The molecule has 0 bridgehead atoms. The molecule has 1 atom stereocenters. The normalized spacial score (nSPS) is 12.1. The van der Waals surface area contributed by atoms with Gasteiger partial charge in [0, 0.05) is 25.5 Å². The summed E-state index contributed by atoms with van der Waals surface area (Å²) >= 11 is 1.45. The number of hydrogen-bond acceptors (Lipinski definition) is 8. The molecule has 0 unspecified atom stereocenters. The van der Waals surface area contributed by atoms with Crippen LogP contribution in [0.1, 0.15) is 30.3 Å². The summed E-state index contributed by atoms with van der Waals surface area (Å²) in [5, 5.41) is 17.1. The topological polar surface area (TPSA) is 122 Å². The van der Waals surface area contributed by atoms with E-state index in [-0.39, 0.29) is 17.6 Å². The number of thioether (sulfide) groups is 1. The lowest BCUT2D eigenvalue weighted by molar-refractivity contribution is -0.118. The third kappa shape index (κ3) is 4.45. The maximum atomic E-state index is 10.9. The van der Waals surface area contributed by atoms with Crippen molar-refractivity contribution in [1.82, 2.24) is 25.0 Å². The van der Waals surface area contributed by atoms with Crippen molar-refractivity contribution >= 4 is 17.7 Å². The van der Waals surface area contributed by atoms with Crippen molar-refractivity contribution < 1.29 is 13.9 Å². The number of rotatable bonds is 8. The molecule has 1 amide bonds. The van der Waals surface area contributed by atoms with Crippen LogP contribution in [0.25, 0.3) is 11.5 Å². The first-order valence-corrected chi connectivity index (χ1v) is 9.17. The largest absolute Gasteiger partial charge is 0.497 e. The molecule has 3 aromatic rings. The number of carbonyl (C=O) groups excluding carboxylic acids is 1. The molecule has 2 N–H and O–H groups in total. The first-order chi connectivity index (χ1) is 13.0. The standard InChI is InChI=1S/C17H20N6O3S/c1-10(27-17-22-19-14(23(17)2)9-8-13(18)24)15-20-21-16(26-15)11-4-6-12(25-3)7-5-11/h4-7,10H,8-9H2,1-3H3,(H2,18,24)/t10-/m0/s1. The Labute approximate surface area is 160 Å². The predicted octanol–water partition coefficient (Wildman–Crippen LogP) is 2.14. The van der Waals surface area contributed by atoms with Gasteiger partial charge >= 0.3 is 0 Å². The van der Waals surface area contributed by atoms with E-state index in [1.54, 1.807) is 7.11 Å².